The van der Waals surface area contributed by atoms with Gasteiger partial charge in [0.2, 0.25) is 0 Å². The van der Waals surface area contributed by atoms with Gasteiger partial charge in [-0.2, -0.15) is 0 Å². The molecule has 20 heavy (non-hydrogen) atoms. The zero-order valence-corrected chi connectivity index (χ0v) is 11.7. The molecule has 0 saturated carbocycles. The Balaban J connectivity index is 2.12. The van der Waals surface area contributed by atoms with Gasteiger partial charge >= 0.3 is 0 Å². The third kappa shape index (κ3) is 1.86. The van der Waals surface area contributed by atoms with Gasteiger partial charge in [0.1, 0.15) is 0 Å². The lowest BCUT2D eigenvalue weighted by Crippen LogP contribution is -2.32. The Kier molecular flexibility index (Phi) is 2.97. The Morgan fingerprint density at radius 3 is 2.65 bits per heavy atom. The molecule has 0 bridgehead atoms. The SMILES string of the molecule is COc1cc2c(cc1OC)C(=O)N1C=C(C)CC1C=N2. The highest BCUT2D eigenvalue weighted by molar-refractivity contribution is 6.04. The van der Waals surface area contributed by atoms with Crippen LogP contribution in [0.5, 0.6) is 11.5 Å². The van der Waals surface area contributed by atoms with E-state index in [0.29, 0.717) is 22.7 Å². The van der Waals surface area contributed by atoms with Gasteiger partial charge in [0.25, 0.3) is 5.91 Å². The van der Waals surface area contributed by atoms with Crippen LogP contribution >= 0.6 is 0 Å². The Morgan fingerprint density at radius 1 is 1.25 bits per heavy atom. The second-order valence-electron chi connectivity index (χ2n) is 4.96. The smallest absolute Gasteiger partial charge is 0.260 e. The maximum Gasteiger partial charge on any atom is 0.260 e. The molecule has 0 radical (unpaired) electrons. The van der Waals surface area contributed by atoms with Crippen LogP contribution in [0.1, 0.15) is 23.7 Å². The minimum absolute atomic E-state index is 0.00638. The summed E-state index contributed by atoms with van der Waals surface area (Å²) >= 11 is 0. The number of hydrogen-bond donors (Lipinski definition) is 0. The minimum atomic E-state index is -0.0553. The third-order valence-electron chi connectivity index (χ3n) is 3.60. The molecule has 0 fully saturated rings. The molecule has 0 saturated heterocycles. The van der Waals surface area contributed by atoms with Crippen LogP contribution in [-0.2, 0) is 0 Å². The molecule has 0 spiro atoms. The molecule has 5 nitrogen and oxygen atoms in total. The lowest BCUT2D eigenvalue weighted by molar-refractivity contribution is 0.0817. The summed E-state index contributed by atoms with van der Waals surface area (Å²) in [4.78, 5) is 18.8. The van der Waals surface area contributed by atoms with E-state index >= 15 is 0 Å². The highest BCUT2D eigenvalue weighted by Gasteiger charge is 2.31. The zero-order valence-electron chi connectivity index (χ0n) is 11.7. The maximum absolute atomic E-state index is 12.6. The molecule has 2 aliphatic heterocycles. The Hall–Kier alpha value is -2.30. The van der Waals surface area contributed by atoms with E-state index in [0.717, 1.165) is 6.42 Å². The summed E-state index contributed by atoms with van der Waals surface area (Å²) in [5.74, 6) is 1.05. The second-order valence-corrected chi connectivity index (χ2v) is 4.96. The molecule has 0 N–H and O–H groups in total. The molecular formula is C15H16N2O3. The highest BCUT2D eigenvalue weighted by Crippen LogP contribution is 2.38. The van der Waals surface area contributed by atoms with Crippen molar-refractivity contribution in [2.75, 3.05) is 14.2 Å². The van der Waals surface area contributed by atoms with Crippen molar-refractivity contribution >= 4 is 17.8 Å². The summed E-state index contributed by atoms with van der Waals surface area (Å²) in [6.45, 7) is 2.02. The van der Waals surface area contributed by atoms with Crippen LogP contribution in [0.4, 0.5) is 5.69 Å². The number of aliphatic imine (C=N–C) groups is 1. The lowest BCUT2D eigenvalue weighted by Gasteiger charge is -2.19. The number of benzene rings is 1. The van der Waals surface area contributed by atoms with Crippen LogP contribution in [0.3, 0.4) is 0 Å². The van der Waals surface area contributed by atoms with E-state index in [1.165, 1.54) is 5.57 Å². The predicted molar refractivity (Wildman–Crippen MR) is 76.0 cm³/mol. The quantitative estimate of drug-likeness (QED) is 0.831. The van der Waals surface area contributed by atoms with Gasteiger partial charge in [0, 0.05) is 18.5 Å². The van der Waals surface area contributed by atoms with Crippen LogP contribution in [-0.4, -0.2) is 37.3 Å². The van der Waals surface area contributed by atoms with Crippen molar-refractivity contribution in [3.63, 3.8) is 0 Å². The summed E-state index contributed by atoms with van der Waals surface area (Å²) in [5, 5.41) is 0. The number of rotatable bonds is 2. The largest absolute Gasteiger partial charge is 0.493 e. The Labute approximate surface area is 117 Å². The molecule has 104 valence electrons. The van der Waals surface area contributed by atoms with Crippen molar-refractivity contribution in [2.45, 2.75) is 19.4 Å². The van der Waals surface area contributed by atoms with Gasteiger partial charge in [0.05, 0.1) is 31.5 Å². The number of methoxy groups -OCH3 is 2. The number of nitrogens with zero attached hydrogens (tertiary/aromatic N) is 2. The van der Waals surface area contributed by atoms with E-state index in [-0.39, 0.29) is 11.9 Å². The van der Waals surface area contributed by atoms with Gasteiger partial charge in [-0.25, -0.2) is 0 Å². The van der Waals surface area contributed by atoms with Crippen molar-refractivity contribution in [2.24, 2.45) is 4.99 Å². The first-order chi connectivity index (χ1) is 9.63. The van der Waals surface area contributed by atoms with E-state index in [4.69, 9.17) is 9.47 Å². The number of carbonyl (C=O) groups excluding carboxylic acids is 1. The van der Waals surface area contributed by atoms with Gasteiger partial charge in [0.15, 0.2) is 11.5 Å². The Bertz CT molecular complexity index is 634. The average Bonchev–Trinajstić information content (AvgIpc) is 2.79. The first-order valence-electron chi connectivity index (χ1n) is 6.44. The molecular weight excluding hydrogens is 256 g/mol. The number of carbonyl (C=O) groups is 1. The fraction of sp³-hybridized carbons (Fsp3) is 0.333. The van der Waals surface area contributed by atoms with Crippen LogP contribution < -0.4 is 9.47 Å². The zero-order chi connectivity index (χ0) is 14.3. The summed E-state index contributed by atoms with van der Waals surface area (Å²) in [7, 11) is 3.12. The highest BCUT2D eigenvalue weighted by atomic mass is 16.5. The van der Waals surface area contributed by atoms with Crippen molar-refractivity contribution < 1.29 is 14.3 Å². The van der Waals surface area contributed by atoms with E-state index in [2.05, 4.69) is 4.99 Å². The molecule has 1 aromatic carbocycles. The van der Waals surface area contributed by atoms with Crippen LogP contribution in [0.15, 0.2) is 28.9 Å². The summed E-state index contributed by atoms with van der Waals surface area (Å²) < 4.78 is 10.5. The number of amides is 1. The molecule has 3 rings (SSSR count). The third-order valence-corrected chi connectivity index (χ3v) is 3.60. The summed E-state index contributed by atoms with van der Waals surface area (Å²) in [6, 6.07) is 3.44. The lowest BCUT2D eigenvalue weighted by atomic mass is 10.1. The normalized spacial score (nSPS) is 20.1. The van der Waals surface area contributed by atoms with Gasteiger partial charge < -0.3 is 14.4 Å². The van der Waals surface area contributed by atoms with Crippen molar-refractivity contribution in [1.29, 1.82) is 0 Å². The molecule has 1 atom stereocenters. The second kappa shape index (κ2) is 4.67. The van der Waals surface area contributed by atoms with Crippen molar-refractivity contribution in [1.82, 2.24) is 4.90 Å². The number of hydrogen-bond acceptors (Lipinski definition) is 4. The summed E-state index contributed by atoms with van der Waals surface area (Å²) in [6.07, 6.45) is 4.55. The monoisotopic (exact) mass is 272 g/mol. The fourth-order valence-corrected chi connectivity index (χ4v) is 2.60. The maximum atomic E-state index is 12.6. The Morgan fingerprint density at radius 2 is 1.95 bits per heavy atom. The topological polar surface area (TPSA) is 51.1 Å². The minimum Gasteiger partial charge on any atom is -0.493 e. The van der Waals surface area contributed by atoms with E-state index < -0.39 is 0 Å². The average molecular weight is 272 g/mol. The molecule has 2 heterocycles. The number of fused-ring (bicyclic) bond motifs is 2. The molecule has 2 aliphatic rings. The van der Waals surface area contributed by atoms with E-state index in [1.54, 1.807) is 31.3 Å². The molecule has 1 amide bonds. The fourth-order valence-electron chi connectivity index (χ4n) is 2.60. The van der Waals surface area contributed by atoms with Gasteiger partial charge in [-0.15, -0.1) is 0 Å². The van der Waals surface area contributed by atoms with E-state index in [9.17, 15) is 4.79 Å². The van der Waals surface area contributed by atoms with Gasteiger partial charge in [-0.1, -0.05) is 5.57 Å². The van der Waals surface area contributed by atoms with Crippen LogP contribution in [0.2, 0.25) is 0 Å². The summed E-state index contributed by atoms with van der Waals surface area (Å²) in [5.41, 5.74) is 2.33. The molecule has 0 aromatic heterocycles. The van der Waals surface area contributed by atoms with Crippen molar-refractivity contribution in [3.05, 3.63) is 29.5 Å². The van der Waals surface area contributed by atoms with Crippen LogP contribution in [0.25, 0.3) is 0 Å². The predicted octanol–water partition coefficient (Wildman–Crippen LogP) is 2.54. The first kappa shape index (κ1) is 12.7. The van der Waals surface area contributed by atoms with Crippen LogP contribution in [0, 0.1) is 0 Å². The first-order valence-corrected chi connectivity index (χ1v) is 6.44. The standard InChI is InChI=1S/C15H16N2O3/c1-9-4-10-7-16-12-6-14(20-3)13(19-2)5-11(12)15(18)17(10)8-9/h5-8,10H,4H2,1-3H3. The number of ether oxygens (including phenoxy) is 2. The molecule has 1 unspecified atom stereocenters. The molecule has 1 aromatic rings. The molecule has 5 heteroatoms. The van der Waals surface area contributed by atoms with E-state index in [1.807, 2.05) is 19.3 Å². The van der Waals surface area contributed by atoms with Crippen molar-refractivity contribution in [3.8, 4) is 11.5 Å². The van der Waals surface area contributed by atoms with Gasteiger partial charge in [-0.05, 0) is 19.4 Å². The van der Waals surface area contributed by atoms with Gasteiger partial charge in [-0.3, -0.25) is 9.79 Å². The molecule has 0 aliphatic carbocycles.